The van der Waals surface area contributed by atoms with Gasteiger partial charge in [0.1, 0.15) is 0 Å². The Morgan fingerprint density at radius 1 is 1.18 bits per heavy atom. The zero-order valence-electron chi connectivity index (χ0n) is 12.6. The van der Waals surface area contributed by atoms with Crippen LogP contribution >= 0.6 is 0 Å². The number of piperidine rings is 1. The van der Waals surface area contributed by atoms with Crippen LogP contribution in [-0.4, -0.2) is 34.2 Å². The number of aromatic nitrogens is 2. The molecular weight excluding hydrogens is 274 g/mol. The lowest BCUT2D eigenvalue weighted by molar-refractivity contribution is 0.120. The van der Waals surface area contributed by atoms with Crippen LogP contribution in [0.2, 0.25) is 0 Å². The van der Waals surface area contributed by atoms with Gasteiger partial charge in [-0.2, -0.15) is 4.98 Å². The Kier molecular flexibility index (Phi) is 4.04. The molecule has 0 N–H and O–H groups in total. The maximum atomic E-state index is 5.57. The summed E-state index contributed by atoms with van der Waals surface area (Å²) in [7, 11) is 2.25. The Morgan fingerprint density at radius 3 is 2.64 bits per heavy atom. The molecule has 1 aromatic heterocycles. The lowest BCUT2D eigenvalue weighted by Gasteiger charge is -2.41. The summed E-state index contributed by atoms with van der Waals surface area (Å²) in [5.74, 6) is 2.36. The van der Waals surface area contributed by atoms with Gasteiger partial charge < -0.3 is 4.52 Å². The summed E-state index contributed by atoms with van der Waals surface area (Å²) in [6, 6.07) is 12.0. The number of aryl methyl sites for hydroxylation is 1. The third-order valence-corrected chi connectivity index (χ3v) is 5.32. The van der Waals surface area contributed by atoms with Crippen LogP contribution in [0.1, 0.15) is 55.8 Å². The van der Waals surface area contributed by atoms with E-state index < -0.39 is 0 Å². The average Bonchev–Trinajstić information content (AvgIpc) is 3.01. The molecular formula is C18H25N3O. The number of hydrogen-bond donors (Lipinski definition) is 0. The van der Waals surface area contributed by atoms with Gasteiger partial charge in [-0.05, 0) is 44.7 Å². The first-order valence-corrected chi connectivity index (χ1v) is 7.81. The van der Waals surface area contributed by atoms with Gasteiger partial charge in [0.2, 0.25) is 5.89 Å². The van der Waals surface area contributed by atoms with E-state index in [1.54, 1.807) is 0 Å². The molecule has 2 fully saturated rings. The van der Waals surface area contributed by atoms with Crippen molar-refractivity contribution in [3.63, 3.8) is 0 Å². The molecule has 3 unspecified atom stereocenters. The molecule has 2 aromatic rings. The number of hydrogen-bond acceptors (Lipinski definition) is 4. The van der Waals surface area contributed by atoms with Gasteiger partial charge in [-0.3, -0.25) is 4.90 Å². The lowest BCUT2D eigenvalue weighted by atomic mass is 9.76. The maximum absolute atomic E-state index is 5.57. The van der Waals surface area contributed by atoms with Crippen LogP contribution in [0, 0.1) is 6.92 Å². The summed E-state index contributed by atoms with van der Waals surface area (Å²) in [6.45, 7) is 1.90. The zero-order valence-corrected chi connectivity index (χ0v) is 12.6. The van der Waals surface area contributed by atoms with Crippen LogP contribution in [-0.2, 0) is 0 Å². The minimum atomic E-state index is 0. The molecule has 2 aliphatic heterocycles. The number of benzene rings is 1. The van der Waals surface area contributed by atoms with E-state index in [9.17, 15) is 0 Å². The average molecular weight is 299 g/mol. The van der Waals surface area contributed by atoms with E-state index in [0.29, 0.717) is 23.9 Å². The highest BCUT2D eigenvalue weighted by molar-refractivity contribution is 5.27. The molecule has 3 heterocycles. The monoisotopic (exact) mass is 299 g/mol. The summed E-state index contributed by atoms with van der Waals surface area (Å²) >= 11 is 0. The minimum Gasteiger partial charge on any atom is -0.339 e. The summed E-state index contributed by atoms with van der Waals surface area (Å²) in [4.78, 5) is 7.09. The van der Waals surface area contributed by atoms with Crippen molar-refractivity contribution in [1.29, 1.82) is 0 Å². The molecule has 2 saturated heterocycles. The molecule has 118 valence electrons. The topological polar surface area (TPSA) is 42.2 Å². The van der Waals surface area contributed by atoms with E-state index >= 15 is 0 Å². The van der Waals surface area contributed by atoms with Crippen molar-refractivity contribution in [1.82, 2.24) is 15.0 Å². The van der Waals surface area contributed by atoms with Crippen molar-refractivity contribution in [2.75, 3.05) is 7.05 Å². The minimum absolute atomic E-state index is 0. The molecule has 4 atom stereocenters. The lowest BCUT2D eigenvalue weighted by Crippen LogP contribution is -2.44. The molecule has 0 saturated carbocycles. The van der Waals surface area contributed by atoms with Crippen LogP contribution in [0.3, 0.4) is 0 Å². The third-order valence-electron chi connectivity index (χ3n) is 5.32. The Bertz CT molecular complexity index is 624. The van der Waals surface area contributed by atoms with Crippen molar-refractivity contribution in [2.45, 2.75) is 57.5 Å². The molecule has 2 aliphatic rings. The first kappa shape index (κ1) is 15.2. The maximum Gasteiger partial charge on any atom is 0.231 e. The predicted octanol–water partition coefficient (Wildman–Crippen LogP) is 3.75. The van der Waals surface area contributed by atoms with Gasteiger partial charge in [0.25, 0.3) is 0 Å². The molecule has 22 heavy (non-hydrogen) atoms. The highest BCUT2D eigenvalue weighted by Gasteiger charge is 2.48. The Balaban J connectivity index is 0.00000144. The van der Waals surface area contributed by atoms with Crippen LogP contribution in [0.5, 0.6) is 0 Å². The van der Waals surface area contributed by atoms with Crippen molar-refractivity contribution in [2.24, 2.45) is 0 Å². The molecule has 0 aliphatic carbocycles. The Morgan fingerprint density at radius 2 is 1.95 bits per heavy atom. The summed E-state index contributed by atoms with van der Waals surface area (Å²) < 4.78 is 5.57. The molecule has 4 nitrogen and oxygen atoms in total. The number of likely N-dealkylation sites (N-methyl/N-ethyl adjacent to an activating group) is 1. The van der Waals surface area contributed by atoms with Crippen LogP contribution in [0.4, 0.5) is 0 Å². The van der Waals surface area contributed by atoms with Gasteiger partial charge >= 0.3 is 0 Å². The van der Waals surface area contributed by atoms with E-state index in [1.165, 1.54) is 24.8 Å². The molecule has 0 amide bonds. The van der Waals surface area contributed by atoms with E-state index in [1.807, 2.05) is 6.92 Å². The highest BCUT2D eigenvalue weighted by Crippen LogP contribution is 2.50. The van der Waals surface area contributed by atoms with E-state index in [4.69, 9.17) is 4.52 Å². The molecule has 1 aromatic carbocycles. The van der Waals surface area contributed by atoms with Crippen LogP contribution < -0.4 is 0 Å². The van der Waals surface area contributed by atoms with Crippen molar-refractivity contribution in [3.8, 4) is 0 Å². The number of nitrogens with zero attached hydrogens (tertiary/aromatic N) is 3. The van der Waals surface area contributed by atoms with E-state index in [-0.39, 0.29) is 7.43 Å². The van der Waals surface area contributed by atoms with Gasteiger partial charge in [0.05, 0.1) is 5.92 Å². The fourth-order valence-corrected chi connectivity index (χ4v) is 4.29. The number of fused-ring (bicyclic) bond motifs is 2. The molecule has 4 heteroatoms. The van der Waals surface area contributed by atoms with Crippen molar-refractivity contribution >= 4 is 0 Å². The van der Waals surface area contributed by atoms with Crippen molar-refractivity contribution in [3.05, 3.63) is 47.6 Å². The smallest absolute Gasteiger partial charge is 0.231 e. The fraction of sp³-hybridized carbons (Fsp3) is 0.556. The van der Waals surface area contributed by atoms with Crippen LogP contribution in [0.25, 0.3) is 0 Å². The zero-order chi connectivity index (χ0) is 14.4. The summed E-state index contributed by atoms with van der Waals surface area (Å²) in [5, 5.41) is 4.02. The normalized spacial score (nSPS) is 31.0. The Labute approximate surface area is 132 Å². The SMILES string of the molecule is C.Cc1noc([C@@H]2C(c3ccccc3)CC3CCC2N3C)n1. The second-order valence-electron chi connectivity index (χ2n) is 6.42. The van der Waals surface area contributed by atoms with Gasteiger partial charge in [0, 0.05) is 12.1 Å². The largest absolute Gasteiger partial charge is 0.339 e. The second kappa shape index (κ2) is 5.84. The molecule has 2 bridgehead atoms. The fourth-order valence-electron chi connectivity index (χ4n) is 4.29. The standard InChI is InChI=1S/C17H21N3O.CH4/c1-11-18-17(21-19-11)16-14(12-6-4-3-5-7-12)10-13-8-9-15(16)20(13)2;/h3-7,13-16H,8-10H2,1-2H3;1H4/t13?,14?,15?,16-;/m1./s1. The Hall–Kier alpha value is -1.68. The third kappa shape index (κ3) is 2.35. The first-order valence-electron chi connectivity index (χ1n) is 7.81. The van der Waals surface area contributed by atoms with Gasteiger partial charge in [0.15, 0.2) is 5.82 Å². The summed E-state index contributed by atoms with van der Waals surface area (Å²) in [6.07, 6.45) is 3.70. The van der Waals surface area contributed by atoms with E-state index in [2.05, 4.69) is 52.4 Å². The van der Waals surface area contributed by atoms with E-state index in [0.717, 1.165) is 11.7 Å². The summed E-state index contributed by atoms with van der Waals surface area (Å²) in [5.41, 5.74) is 1.41. The van der Waals surface area contributed by atoms with Crippen molar-refractivity contribution < 1.29 is 4.52 Å². The predicted molar refractivity (Wildman–Crippen MR) is 86.9 cm³/mol. The molecule has 4 rings (SSSR count). The van der Waals surface area contributed by atoms with Crippen LogP contribution in [0.15, 0.2) is 34.9 Å². The van der Waals surface area contributed by atoms with Gasteiger partial charge in [-0.15, -0.1) is 0 Å². The van der Waals surface area contributed by atoms with Gasteiger partial charge in [-0.25, -0.2) is 0 Å². The highest BCUT2D eigenvalue weighted by atomic mass is 16.5. The molecule has 0 radical (unpaired) electrons. The second-order valence-corrected chi connectivity index (χ2v) is 6.42. The first-order chi connectivity index (χ1) is 10.2. The quantitative estimate of drug-likeness (QED) is 0.847. The molecule has 0 spiro atoms. The van der Waals surface area contributed by atoms with Gasteiger partial charge in [-0.1, -0.05) is 42.9 Å². The number of rotatable bonds is 2.